The van der Waals surface area contributed by atoms with Crippen molar-refractivity contribution >= 4 is 0 Å². The molecular formula is C16H16. The van der Waals surface area contributed by atoms with Crippen molar-refractivity contribution < 1.29 is 0 Å². The molecule has 4 atom stereocenters. The molecule has 2 bridgehead atoms. The Morgan fingerprint density at radius 2 is 2.25 bits per heavy atom. The van der Waals surface area contributed by atoms with Crippen molar-refractivity contribution in [2.75, 3.05) is 0 Å². The van der Waals surface area contributed by atoms with Crippen molar-refractivity contribution in [3.05, 3.63) is 47.1 Å². The van der Waals surface area contributed by atoms with Crippen LogP contribution in [0.25, 0.3) is 0 Å². The Morgan fingerprint density at radius 3 is 3.12 bits per heavy atom. The first-order chi connectivity index (χ1) is 7.91. The molecule has 0 saturated heterocycles. The molecule has 0 aliphatic heterocycles. The van der Waals surface area contributed by atoms with Crippen LogP contribution in [-0.4, -0.2) is 0 Å². The fraction of sp³-hybridized carbons (Fsp3) is 0.500. The van der Waals surface area contributed by atoms with Crippen LogP contribution in [0.4, 0.5) is 0 Å². The van der Waals surface area contributed by atoms with Crippen LogP contribution < -0.4 is 0 Å². The van der Waals surface area contributed by atoms with Crippen LogP contribution in [0, 0.1) is 23.2 Å². The van der Waals surface area contributed by atoms with E-state index >= 15 is 0 Å². The molecule has 5 aliphatic rings. The smallest absolute Gasteiger partial charge is 0.00582 e. The molecule has 0 heterocycles. The minimum atomic E-state index is 0.632. The van der Waals surface area contributed by atoms with Crippen LogP contribution in [0.1, 0.15) is 25.7 Å². The quantitative estimate of drug-likeness (QED) is 0.531. The van der Waals surface area contributed by atoms with Crippen molar-refractivity contribution in [2.24, 2.45) is 23.2 Å². The van der Waals surface area contributed by atoms with Crippen molar-refractivity contribution in [3.8, 4) is 0 Å². The third-order valence-corrected chi connectivity index (χ3v) is 5.89. The van der Waals surface area contributed by atoms with E-state index in [9.17, 15) is 0 Å². The second-order valence-corrected chi connectivity index (χ2v) is 6.12. The third kappa shape index (κ3) is 0.614. The Hall–Kier alpha value is -1.04. The topological polar surface area (TPSA) is 0 Å². The Kier molecular flexibility index (Phi) is 1.16. The summed E-state index contributed by atoms with van der Waals surface area (Å²) >= 11 is 0. The van der Waals surface area contributed by atoms with Crippen molar-refractivity contribution in [2.45, 2.75) is 25.7 Å². The van der Waals surface area contributed by atoms with E-state index in [1.54, 1.807) is 11.1 Å². The SMILES string of the molecule is C1=CCC2=C3CCC34C3C=CC(C3)C4C2=C1. The van der Waals surface area contributed by atoms with E-state index in [0.29, 0.717) is 5.41 Å². The lowest BCUT2D eigenvalue weighted by atomic mass is 9.56. The van der Waals surface area contributed by atoms with Crippen LogP contribution in [0.5, 0.6) is 0 Å². The highest BCUT2D eigenvalue weighted by molar-refractivity contribution is 5.59. The van der Waals surface area contributed by atoms with Gasteiger partial charge in [0, 0.05) is 11.3 Å². The minimum Gasteiger partial charge on any atom is -0.0844 e. The molecule has 0 aromatic rings. The van der Waals surface area contributed by atoms with Gasteiger partial charge < -0.3 is 0 Å². The van der Waals surface area contributed by atoms with Gasteiger partial charge in [-0.25, -0.2) is 0 Å². The maximum atomic E-state index is 2.53. The van der Waals surface area contributed by atoms with Crippen LogP contribution in [-0.2, 0) is 0 Å². The summed E-state index contributed by atoms with van der Waals surface area (Å²) in [5.41, 5.74) is 5.97. The molecule has 0 nitrogen and oxygen atoms in total. The molecule has 0 N–H and O–H groups in total. The summed E-state index contributed by atoms with van der Waals surface area (Å²) < 4.78 is 0. The predicted octanol–water partition coefficient (Wildman–Crippen LogP) is 3.79. The zero-order valence-corrected chi connectivity index (χ0v) is 9.45. The first kappa shape index (κ1) is 8.11. The Labute approximate surface area is 96.4 Å². The highest BCUT2D eigenvalue weighted by Crippen LogP contribution is 2.75. The summed E-state index contributed by atoms with van der Waals surface area (Å²) in [7, 11) is 0. The van der Waals surface area contributed by atoms with E-state index in [2.05, 4.69) is 30.4 Å². The molecule has 4 unspecified atom stereocenters. The van der Waals surface area contributed by atoms with Gasteiger partial charge in [-0.05, 0) is 48.7 Å². The van der Waals surface area contributed by atoms with Crippen molar-refractivity contribution in [1.82, 2.24) is 0 Å². The van der Waals surface area contributed by atoms with Gasteiger partial charge in [-0.1, -0.05) is 36.0 Å². The number of allylic oxidation sites excluding steroid dienone is 8. The lowest BCUT2D eigenvalue weighted by Crippen LogP contribution is -2.40. The molecule has 0 amide bonds. The first-order valence-electron chi connectivity index (χ1n) is 6.69. The molecule has 16 heavy (non-hydrogen) atoms. The first-order valence-corrected chi connectivity index (χ1v) is 6.69. The summed E-state index contributed by atoms with van der Waals surface area (Å²) in [6.45, 7) is 0. The van der Waals surface area contributed by atoms with E-state index < -0.39 is 0 Å². The zero-order valence-electron chi connectivity index (χ0n) is 9.45. The zero-order chi connectivity index (χ0) is 10.3. The van der Waals surface area contributed by atoms with E-state index in [-0.39, 0.29) is 0 Å². The fourth-order valence-corrected chi connectivity index (χ4v) is 5.36. The van der Waals surface area contributed by atoms with Crippen molar-refractivity contribution in [1.29, 1.82) is 0 Å². The van der Waals surface area contributed by atoms with Gasteiger partial charge in [0.2, 0.25) is 0 Å². The molecule has 1 spiro atoms. The second-order valence-electron chi connectivity index (χ2n) is 6.12. The number of rotatable bonds is 0. The number of hydrogen-bond acceptors (Lipinski definition) is 0. The summed E-state index contributed by atoms with van der Waals surface area (Å²) in [4.78, 5) is 0. The maximum Gasteiger partial charge on any atom is 0.00582 e. The van der Waals surface area contributed by atoms with E-state index in [4.69, 9.17) is 0 Å². The Morgan fingerprint density at radius 1 is 1.25 bits per heavy atom. The molecule has 5 rings (SSSR count). The lowest BCUT2D eigenvalue weighted by molar-refractivity contribution is 0.153. The molecule has 80 valence electrons. The average Bonchev–Trinajstić information content (AvgIpc) is 2.90. The highest BCUT2D eigenvalue weighted by atomic mass is 14.7. The molecule has 5 aliphatic carbocycles. The molecule has 0 radical (unpaired) electrons. The van der Waals surface area contributed by atoms with E-state index in [1.807, 2.05) is 5.57 Å². The van der Waals surface area contributed by atoms with Gasteiger partial charge in [-0.3, -0.25) is 0 Å². The van der Waals surface area contributed by atoms with E-state index in [0.717, 1.165) is 17.8 Å². The van der Waals surface area contributed by atoms with Gasteiger partial charge in [0.15, 0.2) is 0 Å². The van der Waals surface area contributed by atoms with Gasteiger partial charge in [0.05, 0.1) is 0 Å². The number of hydrogen-bond donors (Lipinski definition) is 0. The van der Waals surface area contributed by atoms with Gasteiger partial charge in [-0.15, -0.1) is 0 Å². The summed E-state index contributed by atoms with van der Waals surface area (Å²) in [5, 5.41) is 0. The highest BCUT2D eigenvalue weighted by Gasteiger charge is 2.65. The third-order valence-electron chi connectivity index (χ3n) is 5.89. The predicted molar refractivity (Wildman–Crippen MR) is 64.8 cm³/mol. The molecule has 2 saturated carbocycles. The number of fused-ring (bicyclic) bond motifs is 5. The van der Waals surface area contributed by atoms with Gasteiger partial charge in [-0.2, -0.15) is 0 Å². The molecule has 0 aromatic carbocycles. The minimum absolute atomic E-state index is 0.632. The van der Waals surface area contributed by atoms with Gasteiger partial charge in [0.1, 0.15) is 0 Å². The normalized spacial score (nSPS) is 50.0. The van der Waals surface area contributed by atoms with Gasteiger partial charge >= 0.3 is 0 Å². The Balaban J connectivity index is 1.81. The average molecular weight is 208 g/mol. The summed E-state index contributed by atoms with van der Waals surface area (Å²) in [6, 6.07) is 0. The van der Waals surface area contributed by atoms with Crippen molar-refractivity contribution in [3.63, 3.8) is 0 Å². The lowest BCUT2D eigenvalue weighted by Gasteiger charge is -2.47. The van der Waals surface area contributed by atoms with E-state index in [1.165, 1.54) is 25.7 Å². The van der Waals surface area contributed by atoms with Crippen LogP contribution >= 0.6 is 0 Å². The molecule has 0 heteroatoms. The summed E-state index contributed by atoms with van der Waals surface area (Å²) in [6.07, 6.45) is 17.6. The largest absolute Gasteiger partial charge is 0.0844 e. The maximum absolute atomic E-state index is 2.53. The van der Waals surface area contributed by atoms with Gasteiger partial charge in [0.25, 0.3) is 0 Å². The van der Waals surface area contributed by atoms with Crippen LogP contribution in [0.2, 0.25) is 0 Å². The monoisotopic (exact) mass is 208 g/mol. The second kappa shape index (κ2) is 2.30. The standard InChI is InChI=1S/C16H16/c1-2-4-13-12(3-1)14-7-8-16(14)11-6-5-10(9-11)15(13)16/h1-2,4-6,10-11,15H,3,7-9H2. The summed E-state index contributed by atoms with van der Waals surface area (Å²) in [5.74, 6) is 2.65. The Bertz CT molecular complexity index is 511. The molecule has 2 fully saturated rings. The molecular weight excluding hydrogens is 192 g/mol. The van der Waals surface area contributed by atoms with Crippen LogP contribution in [0.15, 0.2) is 47.1 Å². The fourth-order valence-electron chi connectivity index (χ4n) is 5.36. The molecule has 0 aromatic heterocycles. The van der Waals surface area contributed by atoms with Crippen LogP contribution in [0.3, 0.4) is 0 Å².